The maximum Gasteiger partial charge on any atom is 0.258 e. The highest BCUT2D eigenvalue weighted by Gasteiger charge is 2.13. The lowest BCUT2D eigenvalue weighted by Crippen LogP contribution is -2.30. The molecule has 0 bridgehead atoms. The molecule has 0 atom stereocenters. The van der Waals surface area contributed by atoms with Crippen LogP contribution in [-0.4, -0.2) is 17.6 Å². The summed E-state index contributed by atoms with van der Waals surface area (Å²) in [6, 6.07) is 18.6. The number of benzene rings is 3. The minimum absolute atomic E-state index is 0.111. The van der Waals surface area contributed by atoms with Gasteiger partial charge in [-0.15, -0.1) is 0 Å². The van der Waals surface area contributed by atoms with Gasteiger partial charge < -0.3 is 16.0 Å². The lowest BCUT2D eigenvalue weighted by molar-refractivity contribution is 0.102. The zero-order valence-corrected chi connectivity index (χ0v) is 17.1. The van der Waals surface area contributed by atoms with Crippen molar-refractivity contribution in [2.45, 2.75) is 6.42 Å². The molecule has 31 heavy (non-hydrogen) atoms. The van der Waals surface area contributed by atoms with Crippen LogP contribution in [0.15, 0.2) is 66.7 Å². The van der Waals surface area contributed by atoms with Gasteiger partial charge in [-0.05, 0) is 66.7 Å². The fourth-order valence-electron chi connectivity index (χ4n) is 2.81. The van der Waals surface area contributed by atoms with Gasteiger partial charge in [-0.25, -0.2) is 8.78 Å². The largest absolute Gasteiger partial charge is 0.362 e. The molecule has 0 fully saturated rings. The minimum Gasteiger partial charge on any atom is -0.362 e. The number of carbonyl (C=O) groups is 1. The van der Waals surface area contributed by atoms with Gasteiger partial charge in [0.05, 0.1) is 16.8 Å². The average molecular weight is 436 g/mol. The van der Waals surface area contributed by atoms with E-state index in [1.54, 1.807) is 30.3 Å². The highest BCUT2D eigenvalue weighted by atomic mass is 32.1. The number of rotatable bonds is 6. The van der Waals surface area contributed by atoms with Crippen LogP contribution in [0.2, 0.25) is 0 Å². The maximum absolute atomic E-state index is 13.8. The van der Waals surface area contributed by atoms with Crippen LogP contribution < -0.4 is 16.0 Å². The standard InChI is InChI=1S/C23H18F2N4OS/c24-17-7-5-15(6-8-17)11-12-27-23(31)28-18-9-10-21(16(13-18)14-26)29-22(30)19-3-1-2-4-20(19)25/h1-10,13H,11-12H2,(H,29,30)(H2,27,28,31). The Kier molecular flexibility index (Phi) is 7.25. The number of nitriles is 1. The molecule has 1 amide bonds. The Bertz CT molecular complexity index is 1140. The van der Waals surface area contributed by atoms with Crippen molar-refractivity contribution in [3.8, 4) is 6.07 Å². The summed E-state index contributed by atoms with van der Waals surface area (Å²) in [5, 5.41) is 18.3. The first-order chi connectivity index (χ1) is 15.0. The first-order valence-corrected chi connectivity index (χ1v) is 9.76. The second-order valence-electron chi connectivity index (χ2n) is 6.56. The number of hydrogen-bond donors (Lipinski definition) is 3. The summed E-state index contributed by atoms with van der Waals surface area (Å²) in [6.45, 7) is 0.541. The van der Waals surface area contributed by atoms with E-state index in [-0.39, 0.29) is 22.6 Å². The van der Waals surface area contributed by atoms with E-state index < -0.39 is 11.7 Å². The van der Waals surface area contributed by atoms with Crippen LogP contribution in [0.1, 0.15) is 21.5 Å². The van der Waals surface area contributed by atoms with E-state index in [0.717, 1.165) is 5.56 Å². The maximum atomic E-state index is 13.8. The molecule has 0 aliphatic carbocycles. The third-order valence-corrected chi connectivity index (χ3v) is 4.62. The van der Waals surface area contributed by atoms with Crippen molar-refractivity contribution >= 4 is 34.6 Å². The van der Waals surface area contributed by atoms with Crippen molar-refractivity contribution in [3.05, 3.63) is 95.1 Å². The van der Waals surface area contributed by atoms with Crippen LogP contribution in [0.25, 0.3) is 0 Å². The molecule has 0 aliphatic heterocycles. The number of thiocarbonyl (C=S) groups is 1. The van der Waals surface area contributed by atoms with Crippen molar-refractivity contribution < 1.29 is 13.6 Å². The molecule has 3 aromatic rings. The SMILES string of the molecule is N#Cc1cc(NC(=S)NCCc2ccc(F)cc2)ccc1NC(=O)c1ccccc1F. The molecule has 156 valence electrons. The molecular formula is C23H18F2N4OS. The van der Waals surface area contributed by atoms with Gasteiger partial charge in [0.15, 0.2) is 5.11 Å². The minimum atomic E-state index is -0.645. The lowest BCUT2D eigenvalue weighted by atomic mass is 10.1. The molecule has 0 saturated heterocycles. The summed E-state index contributed by atoms with van der Waals surface area (Å²) in [4.78, 5) is 12.3. The van der Waals surface area contributed by atoms with Crippen molar-refractivity contribution in [1.29, 1.82) is 5.26 Å². The molecule has 0 saturated carbocycles. The molecule has 3 aromatic carbocycles. The number of nitrogens with zero attached hydrogens (tertiary/aromatic N) is 1. The second kappa shape index (κ2) is 10.3. The van der Waals surface area contributed by atoms with E-state index in [1.165, 1.54) is 36.4 Å². The summed E-state index contributed by atoms with van der Waals surface area (Å²) < 4.78 is 26.7. The Morgan fingerprint density at radius 3 is 2.45 bits per heavy atom. The predicted octanol–water partition coefficient (Wildman–Crippen LogP) is 4.62. The molecule has 5 nitrogen and oxygen atoms in total. The van der Waals surface area contributed by atoms with Crippen molar-refractivity contribution in [2.24, 2.45) is 0 Å². The van der Waals surface area contributed by atoms with Gasteiger partial charge in [-0.3, -0.25) is 4.79 Å². The number of carbonyl (C=O) groups excluding carboxylic acids is 1. The normalized spacial score (nSPS) is 10.1. The lowest BCUT2D eigenvalue weighted by Gasteiger charge is -2.13. The fourth-order valence-corrected chi connectivity index (χ4v) is 3.03. The predicted molar refractivity (Wildman–Crippen MR) is 120 cm³/mol. The summed E-state index contributed by atoms with van der Waals surface area (Å²) >= 11 is 5.26. The number of amides is 1. The molecule has 0 radical (unpaired) electrons. The molecule has 0 aliphatic rings. The van der Waals surface area contributed by atoms with Crippen LogP contribution in [0.3, 0.4) is 0 Å². The van der Waals surface area contributed by atoms with Gasteiger partial charge in [0.2, 0.25) is 0 Å². The van der Waals surface area contributed by atoms with Gasteiger partial charge in [-0.1, -0.05) is 24.3 Å². The topological polar surface area (TPSA) is 77.0 Å². The van der Waals surface area contributed by atoms with E-state index in [9.17, 15) is 18.8 Å². The molecule has 0 aromatic heterocycles. The van der Waals surface area contributed by atoms with Crippen molar-refractivity contribution in [3.63, 3.8) is 0 Å². The Morgan fingerprint density at radius 2 is 1.74 bits per heavy atom. The summed E-state index contributed by atoms with van der Waals surface area (Å²) in [7, 11) is 0. The van der Waals surface area contributed by atoms with Crippen LogP contribution in [0, 0.1) is 23.0 Å². The van der Waals surface area contributed by atoms with E-state index >= 15 is 0 Å². The summed E-state index contributed by atoms with van der Waals surface area (Å²) in [5.41, 5.74) is 1.87. The second-order valence-corrected chi connectivity index (χ2v) is 6.97. The van der Waals surface area contributed by atoms with E-state index in [1.807, 2.05) is 6.07 Å². The first-order valence-electron chi connectivity index (χ1n) is 9.35. The average Bonchev–Trinajstić information content (AvgIpc) is 2.76. The number of hydrogen-bond acceptors (Lipinski definition) is 3. The van der Waals surface area contributed by atoms with Gasteiger partial charge in [0, 0.05) is 12.2 Å². The Hall–Kier alpha value is -3.83. The number of anilines is 2. The van der Waals surface area contributed by atoms with Crippen LogP contribution in [-0.2, 0) is 6.42 Å². The Morgan fingerprint density at radius 1 is 1.00 bits per heavy atom. The van der Waals surface area contributed by atoms with Crippen LogP contribution >= 0.6 is 12.2 Å². The van der Waals surface area contributed by atoms with Gasteiger partial charge in [0.1, 0.15) is 17.7 Å². The van der Waals surface area contributed by atoms with Gasteiger partial charge in [-0.2, -0.15) is 5.26 Å². The number of halogens is 2. The smallest absolute Gasteiger partial charge is 0.258 e. The third-order valence-electron chi connectivity index (χ3n) is 4.38. The molecule has 8 heteroatoms. The third kappa shape index (κ3) is 6.07. The van der Waals surface area contributed by atoms with E-state index in [2.05, 4.69) is 16.0 Å². The molecule has 0 spiro atoms. The number of nitrogens with one attached hydrogen (secondary N) is 3. The van der Waals surface area contributed by atoms with Crippen molar-refractivity contribution in [1.82, 2.24) is 5.32 Å². The van der Waals surface area contributed by atoms with Crippen LogP contribution in [0.5, 0.6) is 0 Å². The first kappa shape index (κ1) is 21.9. The van der Waals surface area contributed by atoms with Gasteiger partial charge >= 0.3 is 0 Å². The highest BCUT2D eigenvalue weighted by molar-refractivity contribution is 7.80. The van der Waals surface area contributed by atoms with Crippen LogP contribution in [0.4, 0.5) is 20.2 Å². The fraction of sp³-hybridized carbons (Fsp3) is 0.0870. The van der Waals surface area contributed by atoms with E-state index in [4.69, 9.17) is 12.2 Å². The molecule has 0 heterocycles. The molecule has 0 unspecified atom stereocenters. The highest BCUT2D eigenvalue weighted by Crippen LogP contribution is 2.21. The quantitative estimate of drug-likeness (QED) is 0.492. The summed E-state index contributed by atoms with van der Waals surface area (Å²) in [6.07, 6.45) is 0.659. The van der Waals surface area contributed by atoms with E-state index in [0.29, 0.717) is 23.8 Å². The zero-order chi connectivity index (χ0) is 22.2. The Balaban J connectivity index is 1.58. The molecule has 3 rings (SSSR count). The Labute approximate surface area is 183 Å². The zero-order valence-electron chi connectivity index (χ0n) is 16.3. The monoisotopic (exact) mass is 436 g/mol. The molecule has 3 N–H and O–H groups in total. The molecular weight excluding hydrogens is 418 g/mol. The van der Waals surface area contributed by atoms with Crippen molar-refractivity contribution in [2.75, 3.05) is 17.2 Å². The summed E-state index contributed by atoms with van der Waals surface area (Å²) in [5.74, 6) is -1.57. The van der Waals surface area contributed by atoms with Gasteiger partial charge in [0.25, 0.3) is 5.91 Å².